The van der Waals surface area contributed by atoms with Gasteiger partial charge >= 0.3 is 6.03 Å². The minimum Gasteiger partial charge on any atom is -0.358 e. The summed E-state index contributed by atoms with van der Waals surface area (Å²) in [5, 5.41) is 4.91. The number of aryl methyl sites for hydroxylation is 1. The van der Waals surface area contributed by atoms with E-state index in [4.69, 9.17) is 4.74 Å². The number of rotatable bonds is 4. The first-order chi connectivity index (χ1) is 13.9. The number of carbonyl (C=O) groups excluding carboxylic acids is 1. The van der Waals surface area contributed by atoms with Gasteiger partial charge in [-0.1, -0.05) is 23.8 Å². The topological polar surface area (TPSA) is 79.0 Å². The number of nitrogens with zero attached hydrogens (tertiary/aromatic N) is 2. The van der Waals surface area contributed by atoms with E-state index < -0.39 is 15.7 Å². The van der Waals surface area contributed by atoms with Gasteiger partial charge in [-0.05, 0) is 30.5 Å². The molecule has 0 unspecified atom stereocenters. The fourth-order valence-corrected chi connectivity index (χ4v) is 6.28. The van der Waals surface area contributed by atoms with Crippen molar-refractivity contribution in [3.63, 3.8) is 0 Å². The van der Waals surface area contributed by atoms with E-state index in [1.165, 1.54) is 4.31 Å². The van der Waals surface area contributed by atoms with Gasteiger partial charge in [0.1, 0.15) is 5.72 Å². The van der Waals surface area contributed by atoms with Crippen molar-refractivity contribution in [1.82, 2.24) is 14.5 Å². The molecule has 1 spiro atoms. The van der Waals surface area contributed by atoms with Gasteiger partial charge in [-0.15, -0.1) is 11.3 Å². The Kier molecular flexibility index (Phi) is 5.65. The zero-order valence-corrected chi connectivity index (χ0v) is 18.0. The highest BCUT2D eigenvalue weighted by molar-refractivity contribution is 7.89. The number of thiophene rings is 1. The van der Waals surface area contributed by atoms with Crippen molar-refractivity contribution >= 4 is 27.4 Å². The lowest BCUT2D eigenvalue weighted by atomic mass is 10.0. The summed E-state index contributed by atoms with van der Waals surface area (Å²) in [6.07, 6.45) is 0.926. The molecule has 3 heterocycles. The number of likely N-dealkylation sites (tertiary alicyclic amines) is 1. The van der Waals surface area contributed by atoms with Crippen LogP contribution in [0.25, 0.3) is 0 Å². The highest BCUT2D eigenvalue weighted by atomic mass is 32.2. The molecule has 2 amide bonds. The number of hydrogen-bond donors (Lipinski definition) is 1. The van der Waals surface area contributed by atoms with Crippen molar-refractivity contribution in [2.45, 2.75) is 36.9 Å². The van der Waals surface area contributed by atoms with Crippen LogP contribution in [0.4, 0.5) is 4.79 Å². The molecule has 29 heavy (non-hydrogen) atoms. The van der Waals surface area contributed by atoms with E-state index >= 15 is 0 Å². The predicted octanol–water partition coefficient (Wildman–Crippen LogP) is 2.78. The van der Waals surface area contributed by atoms with Gasteiger partial charge in [0.05, 0.1) is 18.0 Å². The van der Waals surface area contributed by atoms with Crippen LogP contribution in [-0.4, -0.2) is 55.6 Å². The molecule has 2 saturated heterocycles. The number of ether oxygens (including phenoxy) is 1. The van der Waals surface area contributed by atoms with E-state index in [1.807, 2.05) is 24.4 Å². The Labute approximate surface area is 175 Å². The van der Waals surface area contributed by atoms with Crippen LogP contribution < -0.4 is 5.32 Å². The molecule has 1 aromatic carbocycles. The molecule has 156 valence electrons. The number of nitrogens with one attached hydrogen (secondary N) is 1. The number of piperidine rings is 1. The molecule has 2 aliphatic rings. The molecular formula is C20H25N3O4S2. The fourth-order valence-electron chi connectivity index (χ4n) is 3.91. The van der Waals surface area contributed by atoms with Crippen molar-refractivity contribution in [2.24, 2.45) is 0 Å². The van der Waals surface area contributed by atoms with Crippen LogP contribution in [0.1, 0.15) is 23.3 Å². The number of sulfonamides is 1. The molecule has 0 saturated carbocycles. The third-order valence-corrected chi connectivity index (χ3v) is 8.39. The van der Waals surface area contributed by atoms with Crippen molar-refractivity contribution in [3.05, 3.63) is 52.2 Å². The van der Waals surface area contributed by atoms with Gasteiger partial charge in [0.15, 0.2) is 0 Å². The van der Waals surface area contributed by atoms with E-state index in [9.17, 15) is 13.2 Å². The molecule has 2 aliphatic heterocycles. The van der Waals surface area contributed by atoms with E-state index in [2.05, 4.69) is 5.32 Å². The molecule has 4 rings (SSSR count). The average Bonchev–Trinajstić information content (AvgIpc) is 3.37. The number of carbonyl (C=O) groups is 1. The number of hydrogen-bond acceptors (Lipinski definition) is 5. The Balaban J connectivity index is 1.42. The quantitative estimate of drug-likeness (QED) is 0.801. The van der Waals surface area contributed by atoms with Crippen molar-refractivity contribution in [3.8, 4) is 0 Å². The van der Waals surface area contributed by atoms with Crippen molar-refractivity contribution in [2.75, 3.05) is 26.2 Å². The third-order valence-electron chi connectivity index (χ3n) is 5.55. The lowest BCUT2D eigenvalue weighted by Gasteiger charge is -2.42. The molecule has 0 bridgehead atoms. The summed E-state index contributed by atoms with van der Waals surface area (Å²) in [6, 6.07) is 10.7. The SMILES string of the molecule is Cc1ccc(S(=O)(=O)N2CCOC23CCN(C(=O)NCc2cccs2)CC3)cc1. The van der Waals surface area contributed by atoms with Gasteiger partial charge in [0.25, 0.3) is 0 Å². The molecule has 0 atom stereocenters. The normalized spacial score (nSPS) is 19.6. The maximum atomic E-state index is 13.2. The summed E-state index contributed by atoms with van der Waals surface area (Å²) in [5.74, 6) is 0. The second-order valence-corrected chi connectivity index (χ2v) is 10.3. The summed E-state index contributed by atoms with van der Waals surface area (Å²) in [6.45, 7) is 4.04. The molecule has 1 aromatic heterocycles. The van der Waals surface area contributed by atoms with Gasteiger partial charge in [0, 0.05) is 37.4 Å². The Bertz CT molecular complexity index is 950. The van der Waals surface area contributed by atoms with Crippen LogP contribution >= 0.6 is 11.3 Å². The number of amides is 2. The largest absolute Gasteiger partial charge is 0.358 e. The summed E-state index contributed by atoms with van der Waals surface area (Å²) in [4.78, 5) is 15.6. The zero-order chi connectivity index (χ0) is 20.5. The first kappa shape index (κ1) is 20.3. The fraction of sp³-hybridized carbons (Fsp3) is 0.450. The van der Waals surface area contributed by atoms with Crippen LogP contribution in [0, 0.1) is 6.92 Å². The smallest absolute Gasteiger partial charge is 0.317 e. The van der Waals surface area contributed by atoms with Crippen LogP contribution in [0.3, 0.4) is 0 Å². The van der Waals surface area contributed by atoms with E-state index in [0.29, 0.717) is 45.6 Å². The molecule has 0 aliphatic carbocycles. The summed E-state index contributed by atoms with van der Waals surface area (Å²) in [5.41, 5.74) is 0.145. The standard InChI is InChI=1S/C20H25N3O4S2/c1-16-4-6-18(7-5-16)29(25,26)23-12-13-27-20(23)8-10-22(11-9-20)19(24)21-15-17-3-2-14-28-17/h2-7,14H,8-13,15H2,1H3,(H,21,24). The molecular weight excluding hydrogens is 410 g/mol. The first-order valence-corrected chi connectivity index (χ1v) is 12.0. The second kappa shape index (κ2) is 8.06. The third kappa shape index (κ3) is 4.05. The molecule has 7 nitrogen and oxygen atoms in total. The minimum absolute atomic E-state index is 0.126. The highest BCUT2D eigenvalue weighted by Gasteiger charge is 2.50. The first-order valence-electron chi connectivity index (χ1n) is 9.69. The van der Waals surface area contributed by atoms with Gasteiger partial charge in [0.2, 0.25) is 10.0 Å². The zero-order valence-electron chi connectivity index (χ0n) is 16.3. The number of benzene rings is 1. The summed E-state index contributed by atoms with van der Waals surface area (Å²) in [7, 11) is -3.65. The van der Waals surface area contributed by atoms with Crippen LogP contribution in [0.5, 0.6) is 0 Å². The van der Waals surface area contributed by atoms with Crippen LogP contribution in [0.2, 0.25) is 0 Å². The monoisotopic (exact) mass is 435 g/mol. The number of urea groups is 1. The maximum absolute atomic E-state index is 13.2. The minimum atomic E-state index is -3.65. The lowest BCUT2D eigenvalue weighted by Crippen LogP contribution is -2.56. The van der Waals surface area contributed by atoms with Gasteiger partial charge in [-0.2, -0.15) is 4.31 Å². The van der Waals surface area contributed by atoms with Gasteiger partial charge < -0.3 is 15.0 Å². The molecule has 2 aromatic rings. The maximum Gasteiger partial charge on any atom is 0.317 e. The highest BCUT2D eigenvalue weighted by Crippen LogP contribution is 2.38. The lowest BCUT2D eigenvalue weighted by molar-refractivity contribution is -0.0845. The molecule has 9 heteroatoms. The Morgan fingerprint density at radius 2 is 1.90 bits per heavy atom. The summed E-state index contributed by atoms with van der Waals surface area (Å²) >= 11 is 1.60. The Morgan fingerprint density at radius 1 is 1.17 bits per heavy atom. The van der Waals surface area contributed by atoms with Gasteiger partial charge in [-0.3, -0.25) is 0 Å². The van der Waals surface area contributed by atoms with E-state index in [0.717, 1.165) is 10.4 Å². The second-order valence-electron chi connectivity index (χ2n) is 7.41. The molecule has 2 fully saturated rings. The van der Waals surface area contributed by atoms with E-state index in [-0.39, 0.29) is 10.9 Å². The van der Waals surface area contributed by atoms with Gasteiger partial charge in [-0.25, -0.2) is 13.2 Å². The van der Waals surface area contributed by atoms with Crippen molar-refractivity contribution < 1.29 is 17.9 Å². The van der Waals surface area contributed by atoms with Crippen LogP contribution in [-0.2, 0) is 21.3 Å². The Morgan fingerprint density at radius 3 is 2.55 bits per heavy atom. The van der Waals surface area contributed by atoms with Crippen molar-refractivity contribution in [1.29, 1.82) is 0 Å². The van der Waals surface area contributed by atoms with E-state index in [1.54, 1.807) is 40.5 Å². The average molecular weight is 436 g/mol. The predicted molar refractivity (Wildman–Crippen MR) is 111 cm³/mol. The molecule has 0 radical (unpaired) electrons. The summed E-state index contributed by atoms with van der Waals surface area (Å²) < 4.78 is 33.9. The Hall–Kier alpha value is -1.94. The molecule has 1 N–H and O–H groups in total. The van der Waals surface area contributed by atoms with Crippen LogP contribution in [0.15, 0.2) is 46.7 Å².